The second-order valence-corrected chi connectivity index (χ2v) is 8.54. The SMILES string of the molecule is CCN1C(=O)/C(=C\c2c(Oc3ccc(C)cc3C)nc3ccccn3c2=O)SC1=S. The number of hydrogen-bond donors (Lipinski definition) is 0. The summed E-state index contributed by atoms with van der Waals surface area (Å²) in [6.45, 7) is 6.26. The van der Waals surface area contributed by atoms with E-state index in [-0.39, 0.29) is 22.9 Å². The van der Waals surface area contributed by atoms with E-state index in [9.17, 15) is 9.59 Å². The van der Waals surface area contributed by atoms with E-state index in [2.05, 4.69) is 4.98 Å². The zero-order chi connectivity index (χ0) is 21.4. The van der Waals surface area contributed by atoms with Crippen molar-refractivity contribution in [3.8, 4) is 11.6 Å². The number of carbonyl (C=O) groups is 1. The molecule has 30 heavy (non-hydrogen) atoms. The van der Waals surface area contributed by atoms with Crippen LogP contribution in [0.4, 0.5) is 0 Å². The summed E-state index contributed by atoms with van der Waals surface area (Å²) in [7, 11) is 0. The minimum absolute atomic E-state index is 0.153. The van der Waals surface area contributed by atoms with Gasteiger partial charge in [-0.15, -0.1) is 0 Å². The van der Waals surface area contributed by atoms with Crippen molar-refractivity contribution in [2.45, 2.75) is 20.8 Å². The number of carbonyl (C=O) groups excluding carboxylic acids is 1. The van der Waals surface area contributed by atoms with Crippen LogP contribution in [0.15, 0.2) is 52.3 Å². The topological polar surface area (TPSA) is 63.9 Å². The van der Waals surface area contributed by atoms with E-state index in [1.165, 1.54) is 27.1 Å². The average Bonchev–Trinajstić information content (AvgIpc) is 2.99. The Bertz CT molecular complexity index is 1280. The van der Waals surface area contributed by atoms with Gasteiger partial charge in [-0.3, -0.25) is 18.9 Å². The lowest BCUT2D eigenvalue weighted by atomic mass is 10.1. The number of rotatable bonds is 4. The summed E-state index contributed by atoms with van der Waals surface area (Å²) in [6, 6.07) is 11.1. The molecule has 0 unspecified atom stereocenters. The largest absolute Gasteiger partial charge is 0.438 e. The second-order valence-electron chi connectivity index (χ2n) is 6.86. The molecular weight excluding hydrogens is 418 g/mol. The summed E-state index contributed by atoms with van der Waals surface area (Å²) in [5.74, 6) is 0.533. The van der Waals surface area contributed by atoms with Crippen molar-refractivity contribution in [3.63, 3.8) is 0 Å². The first kappa shape index (κ1) is 20.3. The maximum Gasteiger partial charge on any atom is 0.269 e. The molecule has 4 rings (SSSR count). The van der Waals surface area contributed by atoms with Crippen LogP contribution in [-0.4, -0.2) is 31.1 Å². The first-order valence-electron chi connectivity index (χ1n) is 9.41. The van der Waals surface area contributed by atoms with Crippen molar-refractivity contribution in [2.75, 3.05) is 6.54 Å². The number of thiocarbonyl (C=S) groups is 1. The van der Waals surface area contributed by atoms with Gasteiger partial charge in [-0.05, 0) is 50.6 Å². The maximum absolute atomic E-state index is 13.2. The van der Waals surface area contributed by atoms with Crippen molar-refractivity contribution in [1.82, 2.24) is 14.3 Å². The normalized spacial score (nSPS) is 15.4. The number of likely N-dealkylation sites (N-methyl/N-ethyl adjacent to an activating group) is 1. The fourth-order valence-corrected chi connectivity index (χ4v) is 4.57. The molecule has 1 aliphatic heterocycles. The molecule has 0 aliphatic carbocycles. The molecule has 0 spiro atoms. The molecule has 3 aromatic rings. The number of hydrogen-bond acceptors (Lipinski definition) is 6. The van der Waals surface area contributed by atoms with E-state index < -0.39 is 0 Å². The van der Waals surface area contributed by atoms with Crippen LogP contribution in [0, 0.1) is 13.8 Å². The Labute approximate surface area is 183 Å². The molecule has 1 aliphatic rings. The van der Waals surface area contributed by atoms with Gasteiger partial charge in [0.15, 0.2) is 0 Å². The summed E-state index contributed by atoms with van der Waals surface area (Å²) in [5, 5.41) is 0. The van der Waals surface area contributed by atoms with Crippen LogP contribution < -0.4 is 10.3 Å². The Hall–Kier alpha value is -2.97. The highest BCUT2D eigenvalue weighted by atomic mass is 32.2. The van der Waals surface area contributed by atoms with E-state index in [0.717, 1.165) is 11.1 Å². The minimum atomic E-state index is -0.317. The predicted molar refractivity (Wildman–Crippen MR) is 123 cm³/mol. The highest BCUT2D eigenvalue weighted by Gasteiger charge is 2.31. The summed E-state index contributed by atoms with van der Waals surface area (Å²) >= 11 is 6.46. The molecule has 0 atom stereocenters. The molecule has 1 amide bonds. The molecule has 0 saturated carbocycles. The first-order chi connectivity index (χ1) is 14.4. The monoisotopic (exact) mass is 437 g/mol. The molecule has 2 aromatic heterocycles. The number of pyridine rings is 1. The van der Waals surface area contributed by atoms with Crippen molar-refractivity contribution >= 4 is 45.9 Å². The fourth-order valence-electron chi connectivity index (χ4n) is 3.21. The number of amides is 1. The van der Waals surface area contributed by atoms with Gasteiger partial charge < -0.3 is 4.74 Å². The van der Waals surface area contributed by atoms with Crippen molar-refractivity contribution in [1.29, 1.82) is 0 Å². The third kappa shape index (κ3) is 3.64. The molecule has 8 heteroatoms. The van der Waals surface area contributed by atoms with Crippen molar-refractivity contribution in [2.24, 2.45) is 0 Å². The van der Waals surface area contributed by atoms with E-state index >= 15 is 0 Å². The zero-order valence-electron chi connectivity index (χ0n) is 16.7. The van der Waals surface area contributed by atoms with Crippen LogP contribution in [0.25, 0.3) is 11.7 Å². The number of benzene rings is 1. The van der Waals surface area contributed by atoms with Crippen LogP contribution in [-0.2, 0) is 4.79 Å². The lowest BCUT2D eigenvalue weighted by Gasteiger charge is -2.12. The number of aryl methyl sites for hydroxylation is 2. The minimum Gasteiger partial charge on any atom is -0.438 e. The van der Waals surface area contributed by atoms with Crippen molar-refractivity contribution in [3.05, 3.63) is 74.5 Å². The third-order valence-corrected chi connectivity index (χ3v) is 6.11. The molecule has 0 bridgehead atoms. The van der Waals surface area contributed by atoms with Crippen LogP contribution >= 0.6 is 24.0 Å². The van der Waals surface area contributed by atoms with Crippen LogP contribution in [0.5, 0.6) is 11.6 Å². The Balaban J connectivity index is 1.89. The molecule has 0 N–H and O–H groups in total. The summed E-state index contributed by atoms with van der Waals surface area (Å²) < 4.78 is 7.98. The number of aromatic nitrogens is 2. The molecule has 3 heterocycles. The van der Waals surface area contributed by atoms with E-state index in [4.69, 9.17) is 17.0 Å². The smallest absolute Gasteiger partial charge is 0.269 e. The second kappa shape index (κ2) is 8.04. The lowest BCUT2D eigenvalue weighted by molar-refractivity contribution is -0.121. The Morgan fingerprint density at radius 2 is 2.00 bits per heavy atom. The van der Waals surface area contributed by atoms with Gasteiger partial charge in [-0.1, -0.05) is 47.7 Å². The van der Waals surface area contributed by atoms with E-state index in [0.29, 0.717) is 27.2 Å². The predicted octanol–water partition coefficient (Wildman–Crippen LogP) is 4.32. The van der Waals surface area contributed by atoms with E-state index in [1.54, 1.807) is 24.4 Å². The van der Waals surface area contributed by atoms with E-state index in [1.807, 2.05) is 39.0 Å². The number of fused-ring (bicyclic) bond motifs is 1. The summed E-state index contributed by atoms with van der Waals surface area (Å²) in [4.78, 5) is 32.3. The van der Waals surface area contributed by atoms with Gasteiger partial charge in [0.25, 0.3) is 11.5 Å². The molecule has 1 saturated heterocycles. The Morgan fingerprint density at radius 1 is 1.20 bits per heavy atom. The molecule has 152 valence electrons. The van der Waals surface area contributed by atoms with Gasteiger partial charge in [0, 0.05) is 12.7 Å². The van der Waals surface area contributed by atoms with Gasteiger partial charge in [0.05, 0.1) is 4.91 Å². The van der Waals surface area contributed by atoms with Gasteiger partial charge >= 0.3 is 0 Å². The highest BCUT2D eigenvalue weighted by Crippen LogP contribution is 2.34. The highest BCUT2D eigenvalue weighted by molar-refractivity contribution is 8.26. The fraction of sp³-hybridized carbons (Fsp3) is 0.182. The van der Waals surface area contributed by atoms with Crippen LogP contribution in [0.1, 0.15) is 23.6 Å². The van der Waals surface area contributed by atoms with Gasteiger partial charge in [-0.2, -0.15) is 4.98 Å². The molecule has 1 fully saturated rings. The zero-order valence-corrected chi connectivity index (χ0v) is 18.3. The van der Waals surface area contributed by atoms with Crippen molar-refractivity contribution < 1.29 is 9.53 Å². The Kier molecular flexibility index (Phi) is 5.44. The van der Waals surface area contributed by atoms with Crippen LogP contribution in [0.3, 0.4) is 0 Å². The first-order valence-corrected chi connectivity index (χ1v) is 10.6. The summed E-state index contributed by atoms with van der Waals surface area (Å²) in [6.07, 6.45) is 3.17. The van der Waals surface area contributed by atoms with Gasteiger partial charge in [-0.25, -0.2) is 0 Å². The lowest BCUT2D eigenvalue weighted by Crippen LogP contribution is -2.27. The number of ether oxygens (including phenoxy) is 1. The molecule has 0 radical (unpaired) electrons. The van der Waals surface area contributed by atoms with Gasteiger partial charge in [0.1, 0.15) is 21.3 Å². The van der Waals surface area contributed by atoms with Crippen LogP contribution in [0.2, 0.25) is 0 Å². The molecular formula is C22H19N3O3S2. The molecule has 6 nitrogen and oxygen atoms in total. The third-order valence-electron chi connectivity index (χ3n) is 4.74. The maximum atomic E-state index is 13.2. The average molecular weight is 438 g/mol. The number of thioether (sulfide) groups is 1. The summed E-state index contributed by atoms with van der Waals surface area (Å²) in [5.41, 5.74) is 2.38. The Morgan fingerprint density at radius 3 is 2.70 bits per heavy atom. The number of nitrogens with zero attached hydrogens (tertiary/aromatic N) is 3. The quantitative estimate of drug-likeness (QED) is 0.447. The van der Waals surface area contributed by atoms with Gasteiger partial charge in [0.2, 0.25) is 5.88 Å². The standard InChI is InChI=1S/C22H19N3O3S2/c1-4-24-21(27)17(30-22(24)29)12-15-19(28-16-9-8-13(2)11-14(16)3)23-18-7-5-6-10-25(18)20(15)26/h5-12H,4H2,1-3H3/b17-12+. The molecule has 1 aromatic carbocycles.